The van der Waals surface area contributed by atoms with E-state index in [0.717, 1.165) is 32.1 Å². The van der Waals surface area contributed by atoms with Crippen LogP contribution in [0.3, 0.4) is 0 Å². The number of amides is 2. The molecule has 3 aliphatic rings. The fraction of sp³-hybridized carbons (Fsp3) is 0.464. The maximum atomic E-state index is 12.6. The van der Waals surface area contributed by atoms with Crippen LogP contribution in [0, 0.1) is 11.8 Å². The van der Waals surface area contributed by atoms with Crippen LogP contribution in [0.2, 0.25) is 0 Å². The lowest BCUT2D eigenvalue weighted by atomic mass is 9.98. The molecular formula is C28H32N2O5. The van der Waals surface area contributed by atoms with Crippen molar-refractivity contribution in [1.29, 1.82) is 0 Å². The van der Waals surface area contributed by atoms with Crippen LogP contribution in [0.25, 0.3) is 11.1 Å². The average Bonchev–Trinajstić information content (AvgIpc) is 3.56. The SMILES string of the molecule is O=C(C[C@H]1CC[C@@H](NC(=O)OCC2c3ccccc3-c3ccccc32)C1)N[C@@H]1CCC[C@@H]1C(=O)O. The number of nitrogens with one attached hydrogen (secondary N) is 2. The van der Waals surface area contributed by atoms with Gasteiger partial charge in [0.2, 0.25) is 5.91 Å². The molecule has 184 valence electrons. The zero-order chi connectivity index (χ0) is 24.4. The number of aliphatic carboxylic acids is 1. The Bertz CT molecular complexity index is 1070. The number of rotatable bonds is 7. The van der Waals surface area contributed by atoms with Gasteiger partial charge in [0.15, 0.2) is 0 Å². The Morgan fingerprint density at radius 1 is 0.886 bits per heavy atom. The topological polar surface area (TPSA) is 105 Å². The second-order valence-electron chi connectivity index (χ2n) is 10.1. The molecule has 0 aliphatic heterocycles. The molecule has 2 aromatic carbocycles. The number of carbonyl (C=O) groups excluding carboxylic acids is 2. The van der Waals surface area contributed by atoms with Crippen molar-refractivity contribution in [2.75, 3.05) is 6.61 Å². The monoisotopic (exact) mass is 476 g/mol. The maximum absolute atomic E-state index is 12.6. The van der Waals surface area contributed by atoms with Gasteiger partial charge in [-0.15, -0.1) is 0 Å². The normalized spacial score (nSPS) is 25.0. The molecule has 7 heteroatoms. The van der Waals surface area contributed by atoms with Crippen molar-refractivity contribution in [2.24, 2.45) is 11.8 Å². The van der Waals surface area contributed by atoms with Crippen molar-refractivity contribution in [1.82, 2.24) is 10.6 Å². The van der Waals surface area contributed by atoms with Gasteiger partial charge in [-0.05, 0) is 60.3 Å². The molecule has 5 rings (SSSR count). The van der Waals surface area contributed by atoms with Crippen molar-refractivity contribution in [3.05, 3.63) is 59.7 Å². The number of carbonyl (C=O) groups is 3. The van der Waals surface area contributed by atoms with Gasteiger partial charge >= 0.3 is 12.1 Å². The molecule has 0 spiro atoms. The van der Waals surface area contributed by atoms with Crippen LogP contribution in [0.5, 0.6) is 0 Å². The molecule has 3 aliphatic carbocycles. The van der Waals surface area contributed by atoms with Crippen LogP contribution in [0.4, 0.5) is 4.79 Å². The molecule has 2 amide bonds. The van der Waals surface area contributed by atoms with Crippen LogP contribution in [0.15, 0.2) is 48.5 Å². The van der Waals surface area contributed by atoms with E-state index in [-0.39, 0.29) is 36.4 Å². The molecule has 0 bridgehead atoms. The molecule has 2 aromatic rings. The molecule has 2 fully saturated rings. The number of ether oxygens (including phenoxy) is 1. The van der Waals surface area contributed by atoms with E-state index in [1.54, 1.807) is 0 Å². The summed E-state index contributed by atoms with van der Waals surface area (Å²) in [6.07, 6.45) is 4.51. The highest BCUT2D eigenvalue weighted by Gasteiger charge is 2.35. The van der Waals surface area contributed by atoms with E-state index in [0.29, 0.717) is 12.8 Å². The average molecular weight is 477 g/mol. The molecular weight excluding hydrogens is 444 g/mol. The van der Waals surface area contributed by atoms with Crippen LogP contribution >= 0.6 is 0 Å². The van der Waals surface area contributed by atoms with Crippen molar-refractivity contribution in [2.45, 2.75) is 62.9 Å². The Morgan fingerprint density at radius 2 is 1.57 bits per heavy atom. The lowest BCUT2D eigenvalue weighted by Crippen LogP contribution is -2.40. The van der Waals surface area contributed by atoms with E-state index in [9.17, 15) is 19.5 Å². The lowest BCUT2D eigenvalue weighted by molar-refractivity contribution is -0.142. The summed E-state index contributed by atoms with van der Waals surface area (Å²) in [6, 6.07) is 16.2. The zero-order valence-corrected chi connectivity index (χ0v) is 19.7. The Hall–Kier alpha value is -3.35. The fourth-order valence-corrected chi connectivity index (χ4v) is 6.15. The van der Waals surface area contributed by atoms with Gasteiger partial charge in [-0.2, -0.15) is 0 Å². The fourth-order valence-electron chi connectivity index (χ4n) is 6.15. The lowest BCUT2D eigenvalue weighted by Gasteiger charge is -2.19. The molecule has 3 N–H and O–H groups in total. The highest BCUT2D eigenvalue weighted by Crippen LogP contribution is 2.44. The minimum atomic E-state index is -0.832. The van der Waals surface area contributed by atoms with Gasteiger partial charge in [0.05, 0.1) is 5.92 Å². The van der Waals surface area contributed by atoms with E-state index < -0.39 is 18.0 Å². The number of hydrogen-bond acceptors (Lipinski definition) is 4. The predicted octanol–water partition coefficient (Wildman–Crippen LogP) is 4.45. The third kappa shape index (κ3) is 5.04. The minimum Gasteiger partial charge on any atom is -0.481 e. The largest absolute Gasteiger partial charge is 0.481 e. The molecule has 0 unspecified atom stereocenters. The van der Waals surface area contributed by atoms with Crippen molar-refractivity contribution in [3.8, 4) is 11.1 Å². The summed E-state index contributed by atoms with van der Waals surface area (Å²) in [5.74, 6) is -1.20. The zero-order valence-electron chi connectivity index (χ0n) is 19.7. The van der Waals surface area contributed by atoms with Crippen molar-refractivity contribution < 1.29 is 24.2 Å². The Balaban J connectivity index is 1.09. The van der Waals surface area contributed by atoms with Crippen LogP contribution in [-0.2, 0) is 14.3 Å². The van der Waals surface area contributed by atoms with Gasteiger partial charge < -0.3 is 20.5 Å². The first kappa shape index (κ1) is 23.4. The Kier molecular flexibility index (Phi) is 6.75. The van der Waals surface area contributed by atoms with Gasteiger partial charge in [0.25, 0.3) is 0 Å². The summed E-state index contributed by atoms with van der Waals surface area (Å²) in [5.41, 5.74) is 4.75. The van der Waals surface area contributed by atoms with Gasteiger partial charge in [-0.1, -0.05) is 55.0 Å². The number of carboxylic acids is 1. The molecule has 4 atom stereocenters. The van der Waals surface area contributed by atoms with E-state index in [4.69, 9.17) is 4.74 Å². The van der Waals surface area contributed by atoms with Gasteiger partial charge in [-0.25, -0.2) is 4.79 Å². The van der Waals surface area contributed by atoms with E-state index in [1.807, 2.05) is 24.3 Å². The van der Waals surface area contributed by atoms with E-state index >= 15 is 0 Å². The highest BCUT2D eigenvalue weighted by molar-refractivity contribution is 5.79. The van der Waals surface area contributed by atoms with Gasteiger partial charge in [-0.3, -0.25) is 9.59 Å². The number of hydrogen-bond donors (Lipinski definition) is 3. The predicted molar refractivity (Wildman–Crippen MR) is 131 cm³/mol. The molecule has 0 heterocycles. The molecule has 2 saturated carbocycles. The Labute approximate surface area is 205 Å². The number of fused-ring (bicyclic) bond motifs is 3. The number of carboxylic acid groups (broad SMARTS) is 1. The Morgan fingerprint density at radius 3 is 2.26 bits per heavy atom. The smallest absolute Gasteiger partial charge is 0.407 e. The van der Waals surface area contributed by atoms with Crippen LogP contribution in [-0.4, -0.2) is 41.8 Å². The maximum Gasteiger partial charge on any atom is 0.407 e. The van der Waals surface area contributed by atoms with Crippen LogP contribution in [0.1, 0.15) is 62.0 Å². The summed E-state index contributed by atoms with van der Waals surface area (Å²) >= 11 is 0. The first-order valence-corrected chi connectivity index (χ1v) is 12.6. The second kappa shape index (κ2) is 10.1. The number of benzene rings is 2. The molecule has 0 radical (unpaired) electrons. The highest BCUT2D eigenvalue weighted by atomic mass is 16.5. The first-order valence-electron chi connectivity index (χ1n) is 12.6. The summed E-state index contributed by atoms with van der Waals surface area (Å²) in [7, 11) is 0. The molecule has 0 aromatic heterocycles. The quantitative estimate of drug-likeness (QED) is 0.548. The third-order valence-corrected chi connectivity index (χ3v) is 7.86. The van der Waals surface area contributed by atoms with Crippen LogP contribution < -0.4 is 10.6 Å². The van der Waals surface area contributed by atoms with Gasteiger partial charge in [0.1, 0.15) is 6.61 Å². The first-order chi connectivity index (χ1) is 17.0. The summed E-state index contributed by atoms with van der Waals surface area (Å²) in [4.78, 5) is 36.4. The molecule has 7 nitrogen and oxygen atoms in total. The standard InChI is InChI=1S/C28H32N2O5/c31-26(30-25-11-5-10-23(25)27(32)33)15-17-12-13-18(14-17)29-28(34)35-16-24-21-8-3-1-6-19(21)20-7-2-4-9-22(20)24/h1-4,6-9,17-18,23-25H,5,10-16H2,(H,29,34)(H,30,31)(H,32,33)/t17-,18+,23-,25+/m0/s1. The minimum absolute atomic E-state index is 0.0123. The summed E-state index contributed by atoms with van der Waals surface area (Å²) in [5, 5.41) is 15.2. The van der Waals surface area contributed by atoms with E-state index in [2.05, 4.69) is 34.9 Å². The molecule has 0 saturated heterocycles. The van der Waals surface area contributed by atoms with Crippen molar-refractivity contribution >= 4 is 18.0 Å². The van der Waals surface area contributed by atoms with Crippen molar-refractivity contribution in [3.63, 3.8) is 0 Å². The third-order valence-electron chi connectivity index (χ3n) is 7.86. The number of alkyl carbamates (subject to hydrolysis) is 1. The van der Waals surface area contributed by atoms with Gasteiger partial charge in [0, 0.05) is 24.4 Å². The summed E-state index contributed by atoms with van der Waals surface area (Å²) < 4.78 is 5.66. The molecule has 35 heavy (non-hydrogen) atoms. The summed E-state index contributed by atoms with van der Waals surface area (Å²) in [6.45, 7) is 0.282. The van der Waals surface area contributed by atoms with E-state index in [1.165, 1.54) is 22.3 Å². The second-order valence-corrected chi connectivity index (χ2v) is 10.1.